The zero-order valence-corrected chi connectivity index (χ0v) is 11.5. The maximum absolute atomic E-state index is 5.36. The largest absolute Gasteiger partial charge is 0.382 e. The van der Waals surface area contributed by atoms with Crippen molar-refractivity contribution in [1.82, 2.24) is 25.5 Å². The van der Waals surface area contributed by atoms with E-state index in [2.05, 4.69) is 20.8 Å². The summed E-state index contributed by atoms with van der Waals surface area (Å²) in [6, 6.07) is 9.81. The summed E-state index contributed by atoms with van der Waals surface area (Å²) in [4.78, 5) is 0. The van der Waals surface area contributed by atoms with Crippen LogP contribution in [0, 0.1) is 0 Å². The number of hydrogen-bond donors (Lipinski definition) is 1. The van der Waals surface area contributed by atoms with E-state index in [0.717, 1.165) is 18.1 Å². The van der Waals surface area contributed by atoms with Crippen LogP contribution in [0.4, 0.5) is 0 Å². The number of methoxy groups -OCH3 is 1. The van der Waals surface area contributed by atoms with Crippen molar-refractivity contribution in [3.05, 3.63) is 36.2 Å². The lowest BCUT2D eigenvalue weighted by atomic mass is 10.3. The molecule has 0 radical (unpaired) electrons. The highest BCUT2D eigenvalue weighted by molar-refractivity contribution is 5.30. The van der Waals surface area contributed by atoms with Crippen LogP contribution in [0.5, 0.6) is 0 Å². The zero-order valence-electron chi connectivity index (χ0n) is 11.5. The molecule has 0 aliphatic carbocycles. The number of nitrogens with one attached hydrogen (secondary N) is 1. The minimum Gasteiger partial charge on any atom is -0.382 e. The maximum Gasteiger partial charge on any atom is 0.170 e. The quantitative estimate of drug-likeness (QED) is 0.669. The first-order chi connectivity index (χ1) is 9.92. The Labute approximate surface area is 117 Å². The van der Waals surface area contributed by atoms with E-state index in [1.54, 1.807) is 11.8 Å². The molecule has 0 amide bonds. The number of rotatable bonds is 9. The number of hydrogen-bond acceptors (Lipinski definition) is 6. The molecule has 0 saturated carbocycles. The molecule has 1 aromatic heterocycles. The summed E-state index contributed by atoms with van der Waals surface area (Å²) < 4.78 is 12.0. The number of ether oxygens (including phenoxy) is 2. The topological polar surface area (TPSA) is 74.1 Å². The molecule has 2 aromatic rings. The molecule has 0 bridgehead atoms. The average Bonchev–Trinajstić information content (AvgIpc) is 2.96. The van der Waals surface area contributed by atoms with Crippen molar-refractivity contribution in [1.29, 1.82) is 0 Å². The van der Waals surface area contributed by atoms with Crippen molar-refractivity contribution < 1.29 is 9.47 Å². The van der Waals surface area contributed by atoms with Crippen molar-refractivity contribution in [2.45, 2.75) is 6.54 Å². The maximum atomic E-state index is 5.36. The predicted molar refractivity (Wildman–Crippen MR) is 73.6 cm³/mol. The summed E-state index contributed by atoms with van der Waals surface area (Å²) in [7, 11) is 1.66. The third-order valence-electron chi connectivity index (χ3n) is 2.67. The van der Waals surface area contributed by atoms with E-state index >= 15 is 0 Å². The summed E-state index contributed by atoms with van der Waals surface area (Å²) in [5.74, 6) is 0.771. The average molecular weight is 277 g/mol. The lowest BCUT2D eigenvalue weighted by Crippen LogP contribution is -2.22. The van der Waals surface area contributed by atoms with Crippen molar-refractivity contribution in [2.24, 2.45) is 0 Å². The SMILES string of the molecule is COCCOCCNCc1nnnn1-c1ccccc1. The third kappa shape index (κ3) is 4.37. The summed E-state index contributed by atoms with van der Waals surface area (Å²) in [6.07, 6.45) is 0. The number of tetrazole rings is 1. The lowest BCUT2D eigenvalue weighted by molar-refractivity contribution is 0.0718. The monoisotopic (exact) mass is 277 g/mol. The zero-order chi connectivity index (χ0) is 14.0. The number of benzene rings is 1. The second kappa shape index (κ2) is 8.36. The van der Waals surface area contributed by atoms with Gasteiger partial charge in [0.05, 0.1) is 32.1 Å². The fourth-order valence-corrected chi connectivity index (χ4v) is 1.67. The van der Waals surface area contributed by atoms with Crippen LogP contribution >= 0.6 is 0 Å². The molecule has 0 spiro atoms. The lowest BCUT2D eigenvalue weighted by Gasteiger charge is -2.06. The van der Waals surface area contributed by atoms with E-state index in [4.69, 9.17) is 9.47 Å². The first-order valence-corrected chi connectivity index (χ1v) is 6.52. The molecule has 0 aliphatic rings. The molecule has 0 atom stereocenters. The van der Waals surface area contributed by atoms with Gasteiger partial charge >= 0.3 is 0 Å². The van der Waals surface area contributed by atoms with Gasteiger partial charge in [-0.1, -0.05) is 18.2 Å². The van der Waals surface area contributed by atoms with Gasteiger partial charge in [0.1, 0.15) is 0 Å². The minimum atomic E-state index is 0.593. The molecular weight excluding hydrogens is 258 g/mol. The Kier molecular flexibility index (Phi) is 6.09. The van der Waals surface area contributed by atoms with Gasteiger partial charge in [0, 0.05) is 13.7 Å². The van der Waals surface area contributed by atoms with Gasteiger partial charge in [-0.15, -0.1) is 5.10 Å². The van der Waals surface area contributed by atoms with Crippen molar-refractivity contribution in [3.63, 3.8) is 0 Å². The van der Waals surface area contributed by atoms with Gasteiger partial charge in [-0.05, 0) is 22.6 Å². The standard InChI is InChI=1S/C13H19N5O2/c1-19-9-10-20-8-7-14-11-13-15-16-17-18(13)12-5-3-2-4-6-12/h2-6,14H,7-11H2,1H3. The van der Waals surface area contributed by atoms with E-state index < -0.39 is 0 Å². The normalized spacial score (nSPS) is 10.8. The second-order valence-electron chi connectivity index (χ2n) is 4.12. The molecule has 1 aromatic carbocycles. The van der Waals surface area contributed by atoms with E-state index in [1.165, 1.54) is 0 Å². The van der Waals surface area contributed by atoms with Gasteiger partial charge in [-0.3, -0.25) is 0 Å². The Balaban J connectivity index is 1.76. The molecule has 0 saturated heterocycles. The van der Waals surface area contributed by atoms with Gasteiger partial charge in [0.2, 0.25) is 0 Å². The van der Waals surface area contributed by atoms with E-state index in [0.29, 0.717) is 26.4 Å². The molecular formula is C13H19N5O2. The predicted octanol–water partition coefficient (Wildman–Crippen LogP) is 0.415. The number of para-hydroxylation sites is 1. The molecule has 0 aliphatic heterocycles. The van der Waals surface area contributed by atoms with E-state index in [-0.39, 0.29) is 0 Å². The Morgan fingerprint density at radius 2 is 2.00 bits per heavy atom. The van der Waals surface area contributed by atoms with Crippen LogP contribution in [-0.2, 0) is 16.0 Å². The van der Waals surface area contributed by atoms with Crippen molar-refractivity contribution >= 4 is 0 Å². The van der Waals surface area contributed by atoms with Crippen LogP contribution in [0.25, 0.3) is 5.69 Å². The summed E-state index contributed by atoms with van der Waals surface area (Å²) in [5.41, 5.74) is 0.950. The van der Waals surface area contributed by atoms with Crippen LogP contribution in [0.2, 0.25) is 0 Å². The molecule has 2 rings (SSSR count). The van der Waals surface area contributed by atoms with Gasteiger partial charge in [0.15, 0.2) is 5.82 Å². The highest BCUT2D eigenvalue weighted by Crippen LogP contribution is 2.06. The first-order valence-electron chi connectivity index (χ1n) is 6.52. The Morgan fingerprint density at radius 3 is 2.80 bits per heavy atom. The van der Waals surface area contributed by atoms with Crippen LogP contribution in [0.15, 0.2) is 30.3 Å². The number of nitrogens with zero attached hydrogens (tertiary/aromatic N) is 4. The highest BCUT2D eigenvalue weighted by Gasteiger charge is 2.06. The van der Waals surface area contributed by atoms with Crippen LogP contribution in [-0.4, -0.2) is 53.7 Å². The Morgan fingerprint density at radius 1 is 1.15 bits per heavy atom. The Bertz CT molecular complexity index is 489. The summed E-state index contributed by atoms with van der Waals surface area (Å²) in [6.45, 7) is 3.20. The first kappa shape index (κ1) is 14.6. The van der Waals surface area contributed by atoms with Crippen LogP contribution in [0.1, 0.15) is 5.82 Å². The minimum absolute atomic E-state index is 0.593. The van der Waals surface area contributed by atoms with Gasteiger partial charge in [0.25, 0.3) is 0 Å². The second-order valence-corrected chi connectivity index (χ2v) is 4.12. The van der Waals surface area contributed by atoms with Crippen molar-refractivity contribution in [3.8, 4) is 5.69 Å². The molecule has 1 heterocycles. The molecule has 1 N–H and O–H groups in total. The van der Waals surface area contributed by atoms with E-state index in [9.17, 15) is 0 Å². The molecule has 108 valence electrons. The van der Waals surface area contributed by atoms with Gasteiger partial charge in [-0.25, -0.2) is 0 Å². The van der Waals surface area contributed by atoms with Gasteiger partial charge in [-0.2, -0.15) is 4.68 Å². The molecule has 0 unspecified atom stereocenters. The third-order valence-corrected chi connectivity index (χ3v) is 2.67. The Hall–Kier alpha value is -1.83. The fourth-order valence-electron chi connectivity index (χ4n) is 1.67. The smallest absolute Gasteiger partial charge is 0.170 e. The van der Waals surface area contributed by atoms with Crippen LogP contribution < -0.4 is 5.32 Å². The molecule has 20 heavy (non-hydrogen) atoms. The molecule has 7 nitrogen and oxygen atoms in total. The van der Waals surface area contributed by atoms with Gasteiger partial charge < -0.3 is 14.8 Å². The molecule has 0 fully saturated rings. The summed E-state index contributed by atoms with van der Waals surface area (Å²) >= 11 is 0. The summed E-state index contributed by atoms with van der Waals surface area (Å²) in [5, 5.41) is 15.0. The molecule has 7 heteroatoms. The highest BCUT2D eigenvalue weighted by atomic mass is 16.5. The van der Waals surface area contributed by atoms with E-state index in [1.807, 2.05) is 30.3 Å². The fraction of sp³-hybridized carbons (Fsp3) is 0.462. The van der Waals surface area contributed by atoms with Crippen LogP contribution in [0.3, 0.4) is 0 Å². The van der Waals surface area contributed by atoms with Crippen molar-refractivity contribution in [2.75, 3.05) is 33.5 Å². The number of aromatic nitrogens is 4.